The number of aromatic hydroxyl groups is 1. The number of aliphatic hydroxyl groups excluding tert-OH is 1. The minimum atomic E-state index is -0.815. The number of likely N-dealkylation sites (tertiary alicyclic amines) is 1. The van der Waals surface area contributed by atoms with Gasteiger partial charge in [0.1, 0.15) is 11.5 Å². The van der Waals surface area contributed by atoms with E-state index in [0.717, 1.165) is 23.7 Å². The Morgan fingerprint density at radius 3 is 2.77 bits per heavy atom. The van der Waals surface area contributed by atoms with Crippen LogP contribution in [0.25, 0.3) is 16.7 Å². The van der Waals surface area contributed by atoms with E-state index in [1.807, 2.05) is 24.3 Å². The second-order valence-electron chi connectivity index (χ2n) is 7.93. The third-order valence-electron chi connectivity index (χ3n) is 5.99. The lowest BCUT2D eigenvalue weighted by Crippen LogP contribution is -2.36. The fourth-order valence-corrected chi connectivity index (χ4v) is 4.53. The summed E-state index contributed by atoms with van der Waals surface area (Å²) in [6, 6.07) is 13.0. The number of aliphatic hydroxyl groups is 1. The fourth-order valence-electron chi connectivity index (χ4n) is 4.53. The number of aromatic nitrogens is 1. The molecule has 2 atom stereocenters. The number of Topliss-reactive ketones (excluding diaryl/α,β-unsaturated/α-hetero) is 1. The summed E-state index contributed by atoms with van der Waals surface area (Å²) >= 11 is 0. The Morgan fingerprint density at radius 2 is 2.00 bits per heavy atom. The molecule has 2 saturated heterocycles. The quantitative estimate of drug-likeness (QED) is 0.342. The van der Waals surface area contributed by atoms with Crippen LogP contribution < -0.4 is 0 Å². The van der Waals surface area contributed by atoms with Gasteiger partial charge in [0, 0.05) is 35.8 Å². The van der Waals surface area contributed by atoms with Gasteiger partial charge in [0.2, 0.25) is 0 Å². The molecule has 7 nitrogen and oxygen atoms in total. The average molecular weight is 418 g/mol. The molecule has 3 aromatic rings. The number of H-pyrrole nitrogens is 1. The SMILES string of the molecule is O=C1C(=O)N(CC2CCCO2)C(c2cccc(O)c2)/C1=C(/O)c1c[nH]c2ccccc12. The first-order valence-corrected chi connectivity index (χ1v) is 10.3. The van der Waals surface area contributed by atoms with Crippen LogP contribution in [0.2, 0.25) is 0 Å². The number of amides is 1. The molecular weight excluding hydrogens is 396 g/mol. The summed E-state index contributed by atoms with van der Waals surface area (Å²) in [6.45, 7) is 0.871. The number of ketones is 1. The summed E-state index contributed by atoms with van der Waals surface area (Å²) in [5, 5.41) is 22.0. The van der Waals surface area contributed by atoms with E-state index < -0.39 is 17.7 Å². The highest BCUT2D eigenvalue weighted by atomic mass is 16.5. The molecule has 31 heavy (non-hydrogen) atoms. The molecular formula is C24H22N2O5. The van der Waals surface area contributed by atoms with E-state index >= 15 is 0 Å². The van der Waals surface area contributed by atoms with Crippen LogP contribution in [0.5, 0.6) is 5.75 Å². The molecule has 158 valence electrons. The zero-order chi connectivity index (χ0) is 21.5. The van der Waals surface area contributed by atoms with Crippen molar-refractivity contribution in [1.82, 2.24) is 9.88 Å². The van der Waals surface area contributed by atoms with Crippen molar-refractivity contribution in [2.75, 3.05) is 13.2 Å². The predicted octanol–water partition coefficient (Wildman–Crippen LogP) is 3.47. The van der Waals surface area contributed by atoms with E-state index in [4.69, 9.17) is 4.74 Å². The highest BCUT2D eigenvalue weighted by molar-refractivity contribution is 6.46. The summed E-state index contributed by atoms with van der Waals surface area (Å²) in [4.78, 5) is 30.7. The number of rotatable bonds is 4. The Bertz CT molecular complexity index is 1210. The third kappa shape index (κ3) is 3.27. The molecule has 7 heteroatoms. The number of carbonyl (C=O) groups is 2. The van der Waals surface area contributed by atoms with Crippen molar-refractivity contribution in [3.63, 3.8) is 0 Å². The van der Waals surface area contributed by atoms with Gasteiger partial charge in [0.05, 0.1) is 17.7 Å². The molecule has 2 aliphatic heterocycles. The van der Waals surface area contributed by atoms with Gasteiger partial charge >= 0.3 is 0 Å². The largest absolute Gasteiger partial charge is 0.508 e. The second kappa shape index (κ2) is 7.59. The third-order valence-corrected chi connectivity index (χ3v) is 5.99. The van der Waals surface area contributed by atoms with E-state index in [1.54, 1.807) is 18.3 Å². The van der Waals surface area contributed by atoms with E-state index in [2.05, 4.69) is 4.98 Å². The van der Waals surface area contributed by atoms with Gasteiger partial charge in [-0.25, -0.2) is 0 Å². The molecule has 3 N–H and O–H groups in total. The maximum atomic E-state index is 13.1. The van der Waals surface area contributed by atoms with Gasteiger partial charge in [-0.05, 0) is 36.6 Å². The van der Waals surface area contributed by atoms with Gasteiger partial charge in [-0.2, -0.15) is 0 Å². The number of fused-ring (bicyclic) bond motifs is 1. The van der Waals surface area contributed by atoms with E-state index in [1.165, 1.54) is 17.0 Å². The normalized spacial score (nSPS) is 23.2. The number of ether oxygens (including phenoxy) is 1. The number of phenolic OH excluding ortho intramolecular Hbond substituents is 1. The van der Waals surface area contributed by atoms with Gasteiger partial charge < -0.3 is 24.8 Å². The first-order valence-electron chi connectivity index (χ1n) is 10.3. The Kier molecular flexibility index (Phi) is 4.75. The summed E-state index contributed by atoms with van der Waals surface area (Å²) in [7, 11) is 0. The Balaban J connectivity index is 1.67. The molecule has 0 spiro atoms. The molecule has 1 amide bonds. The van der Waals surface area contributed by atoms with Crippen molar-refractivity contribution >= 4 is 28.4 Å². The zero-order valence-corrected chi connectivity index (χ0v) is 16.7. The molecule has 1 aromatic heterocycles. The summed E-state index contributed by atoms with van der Waals surface area (Å²) in [5.74, 6) is -1.63. The van der Waals surface area contributed by atoms with Crippen LogP contribution in [0.4, 0.5) is 0 Å². The lowest BCUT2D eigenvalue weighted by molar-refractivity contribution is -0.140. The van der Waals surface area contributed by atoms with Gasteiger partial charge in [-0.3, -0.25) is 9.59 Å². The minimum absolute atomic E-state index is 0.0124. The number of nitrogens with one attached hydrogen (secondary N) is 1. The number of phenols is 1. The second-order valence-corrected chi connectivity index (χ2v) is 7.93. The van der Waals surface area contributed by atoms with Crippen LogP contribution in [0.1, 0.15) is 30.0 Å². The van der Waals surface area contributed by atoms with E-state index in [-0.39, 0.29) is 29.7 Å². The van der Waals surface area contributed by atoms with Gasteiger partial charge in [0.15, 0.2) is 0 Å². The number of para-hydroxylation sites is 1. The summed E-state index contributed by atoms with van der Waals surface area (Å²) in [5.41, 5.74) is 1.83. The lowest BCUT2D eigenvalue weighted by atomic mass is 9.95. The lowest BCUT2D eigenvalue weighted by Gasteiger charge is -2.27. The minimum Gasteiger partial charge on any atom is -0.508 e. The highest BCUT2D eigenvalue weighted by Crippen LogP contribution is 2.41. The number of nitrogens with zero attached hydrogens (tertiary/aromatic N) is 1. The monoisotopic (exact) mass is 418 g/mol. The first-order chi connectivity index (χ1) is 15.0. The highest BCUT2D eigenvalue weighted by Gasteiger charge is 2.47. The van der Waals surface area contributed by atoms with Crippen molar-refractivity contribution in [2.24, 2.45) is 0 Å². The standard InChI is InChI=1S/C24H22N2O5/c27-15-6-3-5-14(11-15)21-20(22(28)18-12-25-19-9-2-1-8-17(18)19)23(29)24(30)26(21)13-16-7-4-10-31-16/h1-3,5-6,8-9,11-12,16,21,25,27-28H,4,7,10,13H2/b22-20-. The van der Waals surface area contributed by atoms with Crippen molar-refractivity contribution in [3.8, 4) is 5.75 Å². The van der Waals surface area contributed by atoms with E-state index in [9.17, 15) is 19.8 Å². The summed E-state index contributed by atoms with van der Waals surface area (Å²) < 4.78 is 5.69. The van der Waals surface area contributed by atoms with Gasteiger partial charge in [-0.1, -0.05) is 30.3 Å². The Labute approximate surface area is 178 Å². The maximum absolute atomic E-state index is 13.1. The molecule has 0 radical (unpaired) electrons. The smallest absolute Gasteiger partial charge is 0.295 e. The van der Waals surface area contributed by atoms with Crippen molar-refractivity contribution in [2.45, 2.75) is 25.0 Å². The molecule has 2 fully saturated rings. The van der Waals surface area contributed by atoms with Crippen LogP contribution >= 0.6 is 0 Å². The summed E-state index contributed by atoms with van der Waals surface area (Å²) in [6.07, 6.45) is 3.18. The van der Waals surface area contributed by atoms with Crippen LogP contribution in [-0.4, -0.2) is 51.0 Å². The molecule has 0 bridgehead atoms. The first kappa shape index (κ1) is 19.4. The molecule has 3 heterocycles. The van der Waals surface area contributed by atoms with Crippen LogP contribution in [-0.2, 0) is 14.3 Å². The topological polar surface area (TPSA) is 103 Å². The molecule has 5 rings (SSSR count). The van der Waals surface area contributed by atoms with Crippen molar-refractivity contribution < 1.29 is 24.5 Å². The number of hydrogen-bond acceptors (Lipinski definition) is 5. The van der Waals surface area contributed by atoms with Crippen molar-refractivity contribution in [3.05, 3.63) is 71.4 Å². The number of aromatic amines is 1. The van der Waals surface area contributed by atoms with E-state index in [0.29, 0.717) is 17.7 Å². The average Bonchev–Trinajstić information content (AvgIpc) is 3.49. The van der Waals surface area contributed by atoms with Crippen molar-refractivity contribution in [1.29, 1.82) is 0 Å². The van der Waals surface area contributed by atoms with Gasteiger partial charge in [0.25, 0.3) is 11.7 Å². The number of benzene rings is 2. The fraction of sp³-hybridized carbons (Fsp3) is 0.250. The van der Waals surface area contributed by atoms with Gasteiger partial charge in [-0.15, -0.1) is 0 Å². The number of hydrogen-bond donors (Lipinski definition) is 3. The zero-order valence-electron chi connectivity index (χ0n) is 16.7. The molecule has 2 unspecified atom stereocenters. The molecule has 0 aliphatic carbocycles. The van der Waals surface area contributed by atoms with Crippen LogP contribution in [0, 0.1) is 0 Å². The molecule has 0 saturated carbocycles. The Morgan fingerprint density at radius 1 is 1.16 bits per heavy atom. The molecule has 2 aromatic carbocycles. The predicted molar refractivity (Wildman–Crippen MR) is 114 cm³/mol. The van der Waals surface area contributed by atoms with Crippen LogP contribution in [0.15, 0.2) is 60.3 Å². The number of carbonyl (C=O) groups excluding carboxylic acids is 2. The maximum Gasteiger partial charge on any atom is 0.295 e. The Hall–Kier alpha value is -3.58. The van der Waals surface area contributed by atoms with Crippen LogP contribution in [0.3, 0.4) is 0 Å². The molecule has 2 aliphatic rings.